The fourth-order valence-corrected chi connectivity index (χ4v) is 3.80. The predicted molar refractivity (Wildman–Crippen MR) is 89.6 cm³/mol. The van der Waals surface area contributed by atoms with Crippen molar-refractivity contribution in [3.63, 3.8) is 0 Å². The Morgan fingerprint density at radius 2 is 1.62 bits per heavy atom. The minimum absolute atomic E-state index is 0.0233. The van der Waals surface area contributed by atoms with E-state index in [1.54, 1.807) is 20.8 Å². The first-order valence-corrected chi connectivity index (χ1v) is 9.46. The molecule has 0 bridgehead atoms. The summed E-state index contributed by atoms with van der Waals surface area (Å²) in [5.74, 6) is -0.117. The highest BCUT2D eigenvalue weighted by Crippen LogP contribution is 2.22. The molecular formula is C16H22F2N2O5S. The summed E-state index contributed by atoms with van der Waals surface area (Å²) >= 11 is 0. The first-order valence-electron chi connectivity index (χ1n) is 8.02. The molecule has 1 heterocycles. The molecule has 1 saturated heterocycles. The maximum absolute atomic E-state index is 12.6. The van der Waals surface area contributed by atoms with E-state index in [9.17, 15) is 22.0 Å². The Hall–Kier alpha value is -1.94. The zero-order valence-electron chi connectivity index (χ0n) is 14.8. The second kappa shape index (κ2) is 7.75. The number of hydrogen-bond acceptors (Lipinski definition) is 5. The number of rotatable bonds is 4. The Balaban J connectivity index is 2.00. The van der Waals surface area contributed by atoms with Crippen LogP contribution in [0.5, 0.6) is 5.75 Å². The predicted octanol–water partition coefficient (Wildman–Crippen LogP) is 2.53. The summed E-state index contributed by atoms with van der Waals surface area (Å²) in [6, 6.07) is 4.78. The Labute approximate surface area is 151 Å². The number of alkyl halides is 2. The van der Waals surface area contributed by atoms with Crippen molar-refractivity contribution in [2.24, 2.45) is 0 Å². The SMILES string of the molecule is CC(C)(C)OC(=O)N1CCN(S(=O)(=O)c2ccc(OC(F)F)cc2)CC1. The van der Waals surface area contributed by atoms with Gasteiger partial charge in [-0.05, 0) is 45.0 Å². The van der Waals surface area contributed by atoms with Gasteiger partial charge in [0.1, 0.15) is 11.4 Å². The molecule has 26 heavy (non-hydrogen) atoms. The molecular weight excluding hydrogens is 370 g/mol. The van der Waals surface area contributed by atoms with Crippen LogP contribution in [0.3, 0.4) is 0 Å². The molecule has 0 atom stereocenters. The second-order valence-electron chi connectivity index (χ2n) is 6.72. The molecule has 0 spiro atoms. The van der Waals surface area contributed by atoms with Crippen molar-refractivity contribution < 1.29 is 31.5 Å². The number of sulfonamides is 1. The number of carbonyl (C=O) groups is 1. The van der Waals surface area contributed by atoms with Gasteiger partial charge in [-0.2, -0.15) is 13.1 Å². The van der Waals surface area contributed by atoms with Gasteiger partial charge in [-0.3, -0.25) is 0 Å². The molecule has 1 fully saturated rings. The van der Waals surface area contributed by atoms with Crippen molar-refractivity contribution in [2.45, 2.75) is 37.9 Å². The minimum Gasteiger partial charge on any atom is -0.444 e. The molecule has 1 aliphatic rings. The monoisotopic (exact) mass is 392 g/mol. The topological polar surface area (TPSA) is 76.2 Å². The maximum Gasteiger partial charge on any atom is 0.410 e. The molecule has 1 aromatic rings. The van der Waals surface area contributed by atoms with Crippen LogP contribution in [-0.2, 0) is 14.8 Å². The van der Waals surface area contributed by atoms with E-state index in [4.69, 9.17) is 4.74 Å². The van der Waals surface area contributed by atoms with Crippen LogP contribution >= 0.6 is 0 Å². The highest BCUT2D eigenvalue weighted by molar-refractivity contribution is 7.89. The van der Waals surface area contributed by atoms with Gasteiger partial charge in [0, 0.05) is 26.2 Å². The molecule has 1 aliphatic heterocycles. The minimum atomic E-state index is -3.78. The average Bonchev–Trinajstić information content (AvgIpc) is 2.53. The smallest absolute Gasteiger partial charge is 0.410 e. The van der Waals surface area contributed by atoms with Crippen LogP contribution in [0.1, 0.15) is 20.8 Å². The van der Waals surface area contributed by atoms with Gasteiger partial charge in [-0.25, -0.2) is 13.2 Å². The van der Waals surface area contributed by atoms with Crippen molar-refractivity contribution in [1.82, 2.24) is 9.21 Å². The van der Waals surface area contributed by atoms with Gasteiger partial charge in [0.25, 0.3) is 0 Å². The van der Waals surface area contributed by atoms with E-state index >= 15 is 0 Å². The number of ether oxygens (including phenoxy) is 2. The molecule has 146 valence electrons. The molecule has 0 aromatic heterocycles. The average molecular weight is 392 g/mol. The van der Waals surface area contributed by atoms with Gasteiger partial charge in [0.15, 0.2) is 0 Å². The Morgan fingerprint density at radius 1 is 1.08 bits per heavy atom. The van der Waals surface area contributed by atoms with Gasteiger partial charge in [0.2, 0.25) is 10.0 Å². The molecule has 1 aromatic carbocycles. The quantitative estimate of drug-likeness (QED) is 0.787. The standard InChI is InChI=1S/C16H22F2N2O5S/c1-16(2,3)25-15(21)19-8-10-20(11-9-19)26(22,23)13-6-4-12(5-7-13)24-14(17)18/h4-7,14H,8-11H2,1-3H3. The molecule has 0 aliphatic carbocycles. The number of piperazine rings is 1. The van der Waals surface area contributed by atoms with E-state index in [-0.39, 0.29) is 36.8 Å². The molecule has 0 saturated carbocycles. The van der Waals surface area contributed by atoms with E-state index < -0.39 is 28.3 Å². The van der Waals surface area contributed by atoms with E-state index in [1.807, 2.05) is 0 Å². The van der Waals surface area contributed by atoms with Crippen LogP contribution in [0.25, 0.3) is 0 Å². The van der Waals surface area contributed by atoms with Gasteiger partial charge < -0.3 is 14.4 Å². The molecule has 7 nitrogen and oxygen atoms in total. The van der Waals surface area contributed by atoms with Crippen LogP contribution in [0.15, 0.2) is 29.2 Å². The lowest BCUT2D eigenvalue weighted by atomic mass is 10.2. The van der Waals surface area contributed by atoms with Crippen LogP contribution in [-0.4, -0.2) is 62.1 Å². The van der Waals surface area contributed by atoms with Crippen molar-refractivity contribution in [3.8, 4) is 5.75 Å². The van der Waals surface area contributed by atoms with Crippen LogP contribution in [0.4, 0.5) is 13.6 Å². The van der Waals surface area contributed by atoms with Crippen molar-refractivity contribution >= 4 is 16.1 Å². The first kappa shape index (κ1) is 20.4. The number of nitrogens with zero attached hydrogens (tertiary/aromatic N) is 2. The Kier molecular flexibility index (Phi) is 6.07. The van der Waals surface area contributed by atoms with Crippen LogP contribution in [0.2, 0.25) is 0 Å². The first-order chi connectivity index (χ1) is 12.0. The Bertz CT molecular complexity index is 724. The third kappa shape index (κ3) is 5.28. The van der Waals surface area contributed by atoms with Gasteiger partial charge >= 0.3 is 12.7 Å². The normalized spacial score (nSPS) is 16.6. The summed E-state index contributed by atoms with van der Waals surface area (Å²) in [6.07, 6.45) is -0.483. The molecule has 2 rings (SSSR count). The highest BCUT2D eigenvalue weighted by Gasteiger charge is 2.31. The summed E-state index contributed by atoms with van der Waals surface area (Å²) in [5.41, 5.74) is -0.623. The number of carbonyl (C=O) groups excluding carboxylic acids is 1. The molecule has 10 heteroatoms. The van der Waals surface area contributed by atoms with E-state index in [1.165, 1.54) is 33.5 Å². The largest absolute Gasteiger partial charge is 0.444 e. The lowest BCUT2D eigenvalue weighted by Crippen LogP contribution is -2.51. The van der Waals surface area contributed by atoms with Gasteiger partial charge in [0.05, 0.1) is 4.90 Å². The lowest BCUT2D eigenvalue weighted by molar-refractivity contribution is -0.0498. The van der Waals surface area contributed by atoms with E-state index in [2.05, 4.69) is 4.74 Å². The van der Waals surface area contributed by atoms with Crippen molar-refractivity contribution in [3.05, 3.63) is 24.3 Å². The number of hydrogen-bond donors (Lipinski definition) is 0. The summed E-state index contributed by atoms with van der Waals surface area (Å²) < 4.78 is 60.3. The number of amides is 1. The zero-order chi connectivity index (χ0) is 19.5. The maximum atomic E-state index is 12.6. The van der Waals surface area contributed by atoms with Gasteiger partial charge in [-0.1, -0.05) is 0 Å². The van der Waals surface area contributed by atoms with E-state index in [0.29, 0.717) is 0 Å². The number of benzene rings is 1. The number of halogens is 2. The van der Waals surface area contributed by atoms with Crippen LogP contribution in [0, 0.1) is 0 Å². The fourth-order valence-electron chi connectivity index (χ4n) is 2.38. The van der Waals surface area contributed by atoms with Crippen molar-refractivity contribution in [1.29, 1.82) is 0 Å². The molecule has 0 unspecified atom stereocenters. The fraction of sp³-hybridized carbons (Fsp3) is 0.562. The van der Waals surface area contributed by atoms with E-state index in [0.717, 1.165) is 0 Å². The third-order valence-corrected chi connectivity index (χ3v) is 5.49. The summed E-state index contributed by atoms with van der Waals surface area (Å²) in [7, 11) is -3.78. The molecule has 1 amide bonds. The summed E-state index contributed by atoms with van der Waals surface area (Å²) in [6.45, 7) is 2.96. The third-order valence-electron chi connectivity index (χ3n) is 3.58. The van der Waals surface area contributed by atoms with Crippen molar-refractivity contribution in [2.75, 3.05) is 26.2 Å². The summed E-state index contributed by atoms with van der Waals surface area (Å²) in [5, 5.41) is 0. The van der Waals surface area contributed by atoms with Crippen LogP contribution < -0.4 is 4.74 Å². The lowest BCUT2D eigenvalue weighted by Gasteiger charge is -2.34. The second-order valence-corrected chi connectivity index (χ2v) is 8.66. The summed E-state index contributed by atoms with van der Waals surface area (Å²) in [4.78, 5) is 13.5. The highest BCUT2D eigenvalue weighted by atomic mass is 32.2. The Morgan fingerprint density at radius 3 is 2.08 bits per heavy atom. The molecule has 0 N–H and O–H groups in total. The molecule has 0 radical (unpaired) electrons. The van der Waals surface area contributed by atoms with Gasteiger partial charge in [-0.15, -0.1) is 0 Å². The zero-order valence-corrected chi connectivity index (χ0v) is 15.6.